The van der Waals surface area contributed by atoms with Gasteiger partial charge in [-0.25, -0.2) is 0 Å². The van der Waals surface area contributed by atoms with Gasteiger partial charge < -0.3 is 21.5 Å². The molecule has 0 spiro atoms. The van der Waals surface area contributed by atoms with Gasteiger partial charge in [-0.15, -0.1) is 0 Å². The molecule has 0 saturated carbocycles. The first-order valence-electron chi connectivity index (χ1n) is 5.96. The van der Waals surface area contributed by atoms with Crippen molar-refractivity contribution in [1.82, 2.24) is 9.97 Å². The number of rotatable bonds is 7. The summed E-state index contributed by atoms with van der Waals surface area (Å²) >= 11 is 0. The fourth-order valence-electron chi connectivity index (χ4n) is 1.27. The first-order valence-corrected chi connectivity index (χ1v) is 5.96. The summed E-state index contributed by atoms with van der Waals surface area (Å²) in [6.45, 7) is 5.30. The maximum absolute atomic E-state index is 9.45. The highest BCUT2D eigenvalue weighted by molar-refractivity contribution is 5.50. The van der Waals surface area contributed by atoms with E-state index in [-0.39, 0.29) is 12.1 Å². The van der Waals surface area contributed by atoms with Crippen molar-refractivity contribution in [2.75, 3.05) is 29.5 Å². The highest BCUT2D eigenvalue weighted by Crippen LogP contribution is 2.12. The summed E-state index contributed by atoms with van der Waals surface area (Å²) < 4.78 is 0. The molecule has 0 amide bonds. The first-order chi connectivity index (χ1) is 8.15. The Morgan fingerprint density at radius 1 is 1.29 bits per heavy atom. The highest BCUT2D eigenvalue weighted by atomic mass is 16.3. The SMILES string of the molecule is CCCNc1cc(NCC(O)CC)nc(N)n1. The first kappa shape index (κ1) is 13.5. The van der Waals surface area contributed by atoms with E-state index >= 15 is 0 Å². The predicted molar refractivity (Wildman–Crippen MR) is 70.0 cm³/mol. The zero-order valence-electron chi connectivity index (χ0n) is 10.4. The van der Waals surface area contributed by atoms with Gasteiger partial charge in [0.25, 0.3) is 0 Å². The van der Waals surface area contributed by atoms with E-state index in [9.17, 15) is 5.11 Å². The van der Waals surface area contributed by atoms with Gasteiger partial charge in [-0.2, -0.15) is 9.97 Å². The van der Waals surface area contributed by atoms with E-state index in [1.54, 1.807) is 6.07 Å². The molecule has 1 atom stereocenters. The summed E-state index contributed by atoms with van der Waals surface area (Å²) in [7, 11) is 0. The van der Waals surface area contributed by atoms with Crippen LogP contribution >= 0.6 is 0 Å². The minimum Gasteiger partial charge on any atom is -0.391 e. The lowest BCUT2D eigenvalue weighted by molar-refractivity contribution is 0.183. The fourth-order valence-corrected chi connectivity index (χ4v) is 1.27. The van der Waals surface area contributed by atoms with Crippen LogP contribution in [0.25, 0.3) is 0 Å². The zero-order valence-corrected chi connectivity index (χ0v) is 10.4. The Morgan fingerprint density at radius 2 is 1.94 bits per heavy atom. The summed E-state index contributed by atoms with van der Waals surface area (Å²) in [5.74, 6) is 1.55. The molecule has 1 aromatic rings. The minimum atomic E-state index is -0.377. The van der Waals surface area contributed by atoms with Crippen molar-refractivity contribution in [2.45, 2.75) is 32.8 Å². The van der Waals surface area contributed by atoms with Crippen molar-refractivity contribution in [2.24, 2.45) is 0 Å². The Balaban J connectivity index is 2.61. The normalized spacial score (nSPS) is 12.2. The van der Waals surface area contributed by atoms with E-state index in [0.717, 1.165) is 13.0 Å². The molecule has 0 aliphatic carbocycles. The van der Waals surface area contributed by atoms with Gasteiger partial charge in [0.15, 0.2) is 0 Å². The molecule has 96 valence electrons. The van der Waals surface area contributed by atoms with Crippen molar-refractivity contribution in [3.8, 4) is 0 Å². The van der Waals surface area contributed by atoms with Gasteiger partial charge in [0.1, 0.15) is 11.6 Å². The number of aliphatic hydroxyl groups is 1. The number of nitrogens with zero attached hydrogens (tertiary/aromatic N) is 2. The predicted octanol–water partition coefficient (Wildman–Crippen LogP) is 1.06. The lowest BCUT2D eigenvalue weighted by Gasteiger charge is -2.11. The number of aromatic nitrogens is 2. The number of hydrogen-bond donors (Lipinski definition) is 4. The molecule has 5 N–H and O–H groups in total. The molecule has 1 heterocycles. The van der Waals surface area contributed by atoms with Gasteiger partial charge in [-0.1, -0.05) is 13.8 Å². The molecule has 0 fully saturated rings. The Labute approximate surface area is 102 Å². The molecule has 0 bridgehead atoms. The van der Waals surface area contributed by atoms with E-state index in [1.165, 1.54) is 0 Å². The van der Waals surface area contributed by atoms with Crippen LogP contribution in [0, 0.1) is 0 Å². The molecule has 0 radical (unpaired) electrons. The summed E-state index contributed by atoms with van der Waals surface area (Å²) in [6.07, 6.45) is 1.34. The monoisotopic (exact) mass is 239 g/mol. The molecule has 6 heteroatoms. The maximum atomic E-state index is 9.45. The van der Waals surface area contributed by atoms with Gasteiger partial charge in [-0.3, -0.25) is 0 Å². The lowest BCUT2D eigenvalue weighted by Crippen LogP contribution is -2.19. The minimum absolute atomic E-state index is 0.222. The maximum Gasteiger partial charge on any atom is 0.223 e. The molecule has 17 heavy (non-hydrogen) atoms. The van der Waals surface area contributed by atoms with Crippen LogP contribution in [0.15, 0.2) is 6.07 Å². The van der Waals surface area contributed by atoms with E-state index in [0.29, 0.717) is 24.6 Å². The van der Waals surface area contributed by atoms with Crippen LogP contribution in [0.1, 0.15) is 26.7 Å². The van der Waals surface area contributed by atoms with Gasteiger partial charge in [0.05, 0.1) is 6.10 Å². The van der Waals surface area contributed by atoms with Gasteiger partial charge in [0, 0.05) is 19.2 Å². The average Bonchev–Trinajstić information content (AvgIpc) is 2.32. The van der Waals surface area contributed by atoms with Gasteiger partial charge in [0.2, 0.25) is 5.95 Å². The third kappa shape index (κ3) is 4.86. The number of anilines is 3. The lowest BCUT2D eigenvalue weighted by atomic mass is 10.3. The smallest absolute Gasteiger partial charge is 0.223 e. The Kier molecular flexibility index (Phi) is 5.48. The molecule has 6 nitrogen and oxygen atoms in total. The number of nitrogens with one attached hydrogen (secondary N) is 2. The molecule has 1 unspecified atom stereocenters. The van der Waals surface area contributed by atoms with Crippen LogP contribution in [0.5, 0.6) is 0 Å². The van der Waals surface area contributed by atoms with Crippen LogP contribution in [0.4, 0.5) is 17.6 Å². The second kappa shape index (κ2) is 6.90. The fraction of sp³-hybridized carbons (Fsp3) is 0.636. The third-order valence-corrected chi connectivity index (χ3v) is 2.29. The third-order valence-electron chi connectivity index (χ3n) is 2.29. The summed E-state index contributed by atoms with van der Waals surface area (Å²) in [4.78, 5) is 8.12. The van der Waals surface area contributed by atoms with Gasteiger partial charge >= 0.3 is 0 Å². The van der Waals surface area contributed by atoms with E-state index in [4.69, 9.17) is 5.73 Å². The Hall–Kier alpha value is -1.56. The van der Waals surface area contributed by atoms with Crippen LogP contribution in [-0.4, -0.2) is 34.3 Å². The molecule has 0 aliphatic heterocycles. The standard InChI is InChI=1S/C11H21N5O/c1-3-5-13-9-6-10(16-11(12)15-9)14-7-8(17)4-2/h6,8,17H,3-5,7H2,1-2H3,(H4,12,13,14,15,16). The molecule has 1 aromatic heterocycles. The van der Waals surface area contributed by atoms with Gasteiger partial charge in [-0.05, 0) is 12.8 Å². The average molecular weight is 239 g/mol. The molecule has 1 rings (SSSR count). The summed E-state index contributed by atoms with van der Waals surface area (Å²) in [5, 5.41) is 15.6. The van der Waals surface area contributed by atoms with E-state index in [1.807, 2.05) is 6.92 Å². The zero-order chi connectivity index (χ0) is 12.7. The Morgan fingerprint density at radius 3 is 2.53 bits per heavy atom. The number of aliphatic hydroxyl groups excluding tert-OH is 1. The number of nitrogen functional groups attached to an aromatic ring is 1. The van der Waals surface area contributed by atoms with E-state index in [2.05, 4.69) is 27.5 Å². The van der Waals surface area contributed by atoms with Crippen molar-refractivity contribution < 1.29 is 5.11 Å². The van der Waals surface area contributed by atoms with Crippen LogP contribution in [0.2, 0.25) is 0 Å². The second-order valence-corrected chi connectivity index (χ2v) is 3.87. The number of nitrogens with two attached hydrogens (primary N) is 1. The van der Waals surface area contributed by atoms with Crippen LogP contribution in [-0.2, 0) is 0 Å². The Bertz CT molecular complexity index is 345. The topological polar surface area (TPSA) is 96.1 Å². The summed E-state index contributed by atoms with van der Waals surface area (Å²) in [5.41, 5.74) is 5.61. The molecular formula is C11H21N5O. The van der Waals surface area contributed by atoms with Crippen molar-refractivity contribution in [1.29, 1.82) is 0 Å². The van der Waals surface area contributed by atoms with Crippen molar-refractivity contribution >= 4 is 17.6 Å². The largest absolute Gasteiger partial charge is 0.391 e. The summed E-state index contributed by atoms with van der Waals surface area (Å²) in [6, 6.07) is 1.79. The van der Waals surface area contributed by atoms with Crippen molar-refractivity contribution in [3.05, 3.63) is 6.07 Å². The molecular weight excluding hydrogens is 218 g/mol. The highest BCUT2D eigenvalue weighted by Gasteiger charge is 2.04. The molecule has 0 aromatic carbocycles. The van der Waals surface area contributed by atoms with E-state index < -0.39 is 0 Å². The molecule has 0 aliphatic rings. The van der Waals surface area contributed by atoms with Crippen molar-refractivity contribution in [3.63, 3.8) is 0 Å². The molecule has 0 saturated heterocycles. The number of hydrogen-bond acceptors (Lipinski definition) is 6. The van der Waals surface area contributed by atoms with Crippen LogP contribution in [0.3, 0.4) is 0 Å². The second-order valence-electron chi connectivity index (χ2n) is 3.87. The quantitative estimate of drug-likeness (QED) is 0.568. The van der Waals surface area contributed by atoms with Crippen LogP contribution < -0.4 is 16.4 Å².